The van der Waals surface area contributed by atoms with E-state index >= 15 is 0 Å². The predicted octanol–water partition coefficient (Wildman–Crippen LogP) is 1.29. The lowest BCUT2D eigenvalue weighted by Gasteiger charge is -2.16. The average molecular weight is 303 g/mol. The standard InChI is InChI=1S/C13H13N5O2S/c1-7-8(5-14-17-7)13(20)18(2)6-10-15-9-3-4-21-11(9)12(19)16-10/h3-5H,6H2,1-2H3,(H,14,17)(H,15,16,19). The molecule has 108 valence electrons. The minimum Gasteiger partial charge on any atom is -0.334 e. The van der Waals surface area contributed by atoms with Crippen molar-refractivity contribution in [2.45, 2.75) is 13.5 Å². The Labute approximate surface area is 123 Å². The van der Waals surface area contributed by atoms with Gasteiger partial charge in [0.05, 0.1) is 23.8 Å². The maximum absolute atomic E-state index is 12.3. The van der Waals surface area contributed by atoms with Gasteiger partial charge in [-0.1, -0.05) is 0 Å². The summed E-state index contributed by atoms with van der Waals surface area (Å²) in [6.45, 7) is 2.01. The number of hydrogen-bond donors (Lipinski definition) is 2. The molecule has 1 amide bonds. The van der Waals surface area contributed by atoms with Gasteiger partial charge in [-0.25, -0.2) is 4.98 Å². The van der Waals surface area contributed by atoms with Crippen LogP contribution in [0.5, 0.6) is 0 Å². The Morgan fingerprint density at radius 3 is 3.00 bits per heavy atom. The highest BCUT2D eigenvalue weighted by Crippen LogP contribution is 2.14. The SMILES string of the molecule is Cc1[nH]ncc1C(=O)N(C)Cc1nc2ccsc2c(=O)[nH]1. The van der Waals surface area contributed by atoms with Crippen molar-refractivity contribution in [3.05, 3.63) is 45.1 Å². The number of carbonyl (C=O) groups excluding carboxylic acids is 1. The Kier molecular flexibility index (Phi) is 3.30. The zero-order valence-electron chi connectivity index (χ0n) is 11.5. The molecule has 0 unspecified atom stereocenters. The molecular weight excluding hydrogens is 290 g/mol. The molecule has 7 nitrogen and oxygen atoms in total. The highest BCUT2D eigenvalue weighted by atomic mass is 32.1. The molecule has 0 fully saturated rings. The van der Waals surface area contributed by atoms with Crippen molar-refractivity contribution in [2.24, 2.45) is 0 Å². The van der Waals surface area contributed by atoms with Crippen molar-refractivity contribution in [3.8, 4) is 0 Å². The van der Waals surface area contributed by atoms with Gasteiger partial charge in [0.1, 0.15) is 10.5 Å². The second kappa shape index (κ2) is 5.13. The first kappa shape index (κ1) is 13.5. The predicted molar refractivity (Wildman–Crippen MR) is 79.4 cm³/mol. The van der Waals surface area contributed by atoms with Crippen LogP contribution in [-0.2, 0) is 6.54 Å². The van der Waals surface area contributed by atoms with Crippen LogP contribution in [0.3, 0.4) is 0 Å². The van der Waals surface area contributed by atoms with Crippen LogP contribution in [0.2, 0.25) is 0 Å². The molecule has 21 heavy (non-hydrogen) atoms. The molecule has 3 rings (SSSR count). The van der Waals surface area contributed by atoms with Gasteiger partial charge in [0.15, 0.2) is 0 Å². The normalized spacial score (nSPS) is 11.0. The van der Waals surface area contributed by atoms with E-state index in [4.69, 9.17) is 0 Å². The summed E-state index contributed by atoms with van der Waals surface area (Å²) in [6, 6.07) is 1.79. The summed E-state index contributed by atoms with van der Waals surface area (Å²) in [5.41, 5.74) is 1.70. The smallest absolute Gasteiger partial charge is 0.268 e. The number of aryl methyl sites for hydroxylation is 1. The summed E-state index contributed by atoms with van der Waals surface area (Å²) >= 11 is 1.35. The average Bonchev–Trinajstić information content (AvgIpc) is 3.06. The number of H-pyrrole nitrogens is 2. The van der Waals surface area contributed by atoms with E-state index in [-0.39, 0.29) is 18.0 Å². The van der Waals surface area contributed by atoms with E-state index in [0.29, 0.717) is 27.3 Å². The largest absolute Gasteiger partial charge is 0.334 e. The Morgan fingerprint density at radius 2 is 2.29 bits per heavy atom. The number of aromatic nitrogens is 4. The topological polar surface area (TPSA) is 94.7 Å². The molecule has 0 spiro atoms. The van der Waals surface area contributed by atoms with E-state index in [1.165, 1.54) is 22.4 Å². The number of nitrogens with zero attached hydrogens (tertiary/aromatic N) is 3. The highest BCUT2D eigenvalue weighted by Gasteiger charge is 2.17. The Morgan fingerprint density at radius 1 is 1.48 bits per heavy atom. The van der Waals surface area contributed by atoms with Gasteiger partial charge in [-0.2, -0.15) is 5.10 Å². The summed E-state index contributed by atoms with van der Waals surface area (Å²) in [7, 11) is 1.66. The molecule has 0 atom stereocenters. The number of rotatable bonds is 3. The molecule has 3 heterocycles. The van der Waals surface area contributed by atoms with Crippen molar-refractivity contribution in [3.63, 3.8) is 0 Å². The van der Waals surface area contributed by atoms with E-state index in [9.17, 15) is 9.59 Å². The van der Waals surface area contributed by atoms with Crippen LogP contribution >= 0.6 is 11.3 Å². The van der Waals surface area contributed by atoms with Crippen molar-refractivity contribution in [1.29, 1.82) is 0 Å². The second-order valence-corrected chi connectivity index (χ2v) is 5.63. The summed E-state index contributed by atoms with van der Waals surface area (Å²) in [6.07, 6.45) is 1.49. The monoisotopic (exact) mass is 303 g/mol. The fraction of sp³-hybridized carbons (Fsp3) is 0.231. The molecule has 3 aromatic heterocycles. The molecule has 2 N–H and O–H groups in total. The van der Waals surface area contributed by atoms with Crippen LogP contribution in [0.15, 0.2) is 22.4 Å². The molecule has 0 aromatic carbocycles. The fourth-order valence-electron chi connectivity index (χ4n) is 2.06. The second-order valence-electron chi connectivity index (χ2n) is 4.72. The fourth-order valence-corrected chi connectivity index (χ4v) is 2.79. The Hall–Kier alpha value is -2.48. The third kappa shape index (κ3) is 2.45. The van der Waals surface area contributed by atoms with Gasteiger partial charge in [-0.15, -0.1) is 11.3 Å². The van der Waals surface area contributed by atoms with Gasteiger partial charge >= 0.3 is 0 Å². The van der Waals surface area contributed by atoms with Crippen molar-refractivity contribution < 1.29 is 4.79 Å². The minimum atomic E-state index is -0.176. The van der Waals surface area contributed by atoms with Crippen molar-refractivity contribution >= 4 is 27.5 Å². The Balaban J connectivity index is 1.86. The highest BCUT2D eigenvalue weighted by molar-refractivity contribution is 7.17. The van der Waals surface area contributed by atoms with Crippen LogP contribution in [0.4, 0.5) is 0 Å². The van der Waals surface area contributed by atoms with Gasteiger partial charge in [-0.3, -0.25) is 14.7 Å². The maximum atomic E-state index is 12.3. The van der Waals surface area contributed by atoms with Gasteiger partial charge < -0.3 is 9.88 Å². The molecule has 0 aliphatic rings. The first-order valence-electron chi connectivity index (χ1n) is 6.28. The lowest BCUT2D eigenvalue weighted by Crippen LogP contribution is -2.28. The minimum absolute atomic E-state index is 0.172. The van der Waals surface area contributed by atoms with Crippen molar-refractivity contribution in [2.75, 3.05) is 7.05 Å². The lowest BCUT2D eigenvalue weighted by atomic mass is 10.2. The van der Waals surface area contributed by atoms with E-state index in [2.05, 4.69) is 20.2 Å². The number of hydrogen-bond acceptors (Lipinski definition) is 5. The van der Waals surface area contributed by atoms with E-state index in [1.807, 2.05) is 5.38 Å². The zero-order chi connectivity index (χ0) is 15.0. The summed E-state index contributed by atoms with van der Waals surface area (Å²) in [4.78, 5) is 32.7. The van der Waals surface area contributed by atoms with Crippen LogP contribution in [-0.4, -0.2) is 38.0 Å². The van der Waals surface area contributed by atoms with E-state index < -0.39 is 0 Å². The van der Waals surface area contributed by atoms with Crippen LogP contribution in [0.1, 0.15) is 21.9 Å². The lowest BCUT2D eigenvalue weighted by molar-refractivity contribution is 0.0781. The van der Waals surface area contributed by atoms with Crippen molar-refractivity contribution in [1.82, 2.24) is 25.1 Å². The molecule has 0 aliphatic heterocycles. The van der Waals surface area contributed by atoms with Crippen LogP contribution in [0, 0.1) is 6.92 Å². The van der Waals surface area contributed by atoms with Gasteiger partial charge in [0.2, 0.25) is 0 Å². The Bertz CT molecular complexity index is 863. The summed E-state index contributed by atoms with van der Waals surface area (Å²) < 4.78 is 0.596. The number of fused-ring (bicyclic) bond motifs is 1. The quantitative estimate of drug-likeness (QED) is 0.762. The zero-order valence-corrected chi connectivity index (χ0v) is 12.3. The number of nitrogens with one attached hydrogen (secondary N) is 2. The molecule has 0 radical (unpaired) electrons. The third-order valence-corrected chi connectivity index (χ3v) is 4.06. The number of thiophene rings is 1. The number of amides is 1. The summed E-state index contributed by atoms with van der Waals surface area (Å²) in [5.74, 6) is 0.289. The van der Waals surface area contributed by atoms with E-state index in [1.54, 1.807) is 20.0 Å². The van der Waals surface area contributed by atoms with Crippen LogP contribution in [0.25, 0.3) is 10.2 Å². The number of aromatic amines is 2. The molecule has 0 bridgehead atoms. The molecule has 0 saturated heterocycles. The van der Waals surface area contributed by atoms with Gasteiger partial charge in [0, 0.05) is 12.7 Å². The molecule has 0 saturated carbocycles. The van der Waals surface area contributed by atoms with Crippen LogP contribution < -0.4 is 5.56 Å². The molecule has 8 heteroatoms. The summed E-state index contributed by atoms with van der Waals surface area (Å²) in [5, 5.41) is 8.38. The molecule has 3 aromatic rings. The van der Waals surface area contributed by atoms with Gasteiger partial charge in [0.25, 0.3) is 11.5 Å². The molecule has 0 aliphatic carbocycles. The first-order valence-corrected chi connectivity index (χ1v) is 7.16. The third-order valence-electron chi connectivity index (χ3n) is 3.16. The number of carbonyl (C=O) groups is 1. The van der Waals surface area contributed by atoms with Gasteiger partial charge in [-0.05, 0) is 18.4 Å². The van der Waals surface area contributed by atoms with E-state index in [0.717, 1.165) is 0 Å². The molecular formula is C13H13N5O2S. The maximum Gasteiger partial charge on any atom is 0.268 e. The first-order chi connectivity index (χ1) is 10.1.